The van der Waals surface area contributed by atoms with Gasteiger partial charge in [0.1, 0.15) is 0 Å². The highest BCUT2D eigenvalue weighted by Gasteiger charge is 2.38. The summed E-state index contributed by atoms with van der Waals surface area (Å²) >= 11 is 0. The van der Waals surface area contributed by atoms with Crippen LogP contribution in [0.25, 0.3) is 0 Å². The molecule has 0 aromatic rings. The number of urea groups is 1. The van der Waals surface area contributed by atoms with Crippen LogP contribution in [0.3, 0.4) is 0 Å². The number of amides is 2. The number of carboxylic acid groups (broad SMARTS) is 1. The number of rotatable bonds is 2. The van der Waals surface area contributed by atoms with Crippen LogP contribution < -0.4 is 5.32 Å². The van der Waals surface area contributed by atoms with E-state index in [4.69, 9.17) is 9.84 Å². The van der Waals surface area contributed by atoms with Gasteiger partial charge in [-0.2, -0.15) is 0 Å². The second-order valence-corrected chi connectivity index (χ2v) is 5.84. The van der Waals surface area contributed by atoms with Crippen molar-refractivity contribution in [3.8, 4) is 0 Å². The van der Waals surface area contributed by atoms with Gasteiger partial charge >= 0.3 is 12.0 Å². The number of hydrogen-bond donors (Lipinski definition) is 2. The molecule has 0 spiro atoms. The lowest BCUT2D eigenvalue weighted by atomic mass is 9.97. The van der Waals surface area contributed by atoms with Crippen LogP contribution in [-0.4, -0.2) is 53.3 Å². The number of ether oxygens (including phenoxy) is 1. The fourth-order valence-corrected chi connectivity index (χ4v) is 2.70. The normalized spacial score (nSPS) is 27.3. The minimum Gasteiger partial charge on any atom is -0.481 e. The molecule has 0 radical (unpaired) electrons. The smallest absolute Gasteiger partial charge is 0.317 e. The van der Waals surface area contributed by atoms with Crippen LogP contribution in [0.4, 0.5) is 4.79 Å². The molecule has 0 saturated carbocycles. The number of nitrogens with one attached hydrogen (secondary N) is 1. The van der Waals surface area contributed by atoms with Gasteiger partial charge in [-0.25, -0.2) is 4.79 Å². The van der Waals surface area contributed by atoms with Crippen molar-refractivity contribution < 1.29 is 19.4 Å². The zero-order valence-corrected chi connectivity index (χ0v) is 11.5. The third-order valence-corrected chi connectivity index (χ3v) is 4.15. The minimum atomic E-state index is -0.759. The molecule has 1 unspecified atom stereocenters. The number of piperidine rings is 1. The molecule has 2 N–H and O–H groups in total. The number of nitrogens with zero attached hydrogens (tertiary/aromatic N) is 1. The lowest BCUT2D eigenvalue weighted by Gasteiger charge is -2.33. The molecule has 0 aromatic heterocycles. The number of carbonyl (C=O) groups is 2. The summed E-state index contributed by atoms with van der Waals surface area (Å²) in [5.41, 5.74) is -0.324. The maximum absolute atomic E-state index is 12.1. The van der Waals surface area contributed by atoms with E-state index in [1.165, 1.54) is 0 Å². The van der Waals surface area contributed by atoms with Gasteiger partial charge in [0.05, 0.1) is 17.6 Å². The maximum Gasteiger partial charge on any atom is 0.317 e. The van der Waals surface area contributed by atoms with E-state index in [0.717, 1.165) is 6.42 Å². The standard InChI is InChI=1S/C13H22N2O4/c1-13(2)10(5-8-19-13)14-12(18)15-6-3-9(4-7-15)11(16)17/h9-10H,3-8H2,1-2H3,(H,14,18)(H,16,17). The van der Waals surface area contributed by atoms with Crippen molar-refractivity contribution >= 4 is 12.0 Å². The SMILES string of the molecule is CC1(C)OCCC1NC(=O)N1CCC(C(=O)O)CC1. The summed E-state index contributed by atoms with van der Waals surface area (Å²) in [6.07, 6.45) is 1.89. The molecule has 2 aliphatic heterocycles. The molecule has 6 nitrogen and oxygen atoms in total. The zero-order chi connectivity index (χ0) is 14.0. The second-order valence-electron chi connectivity index (χ2n) is 5.84. The van der Waals surface area contributed by atoms with Gasteiger partial charge in [0.25, 0.3) is 0 Å². The van der Waals surface area contributed by atoms with Gasteiger partial charge in [-0.05, 0) is 33.1 Å². The van der Waals surface area contributed by atoms with Crippen molar-refractivity contribution in [1.29, 1.82) is 0 Å². The highest BCUT2D eigenvalue weighted by atomic mass is 16.5. The first-order valence-corrected chi connectivity index (χ1v) is 6.82. The zero-order valence-electron chi connectivity index (χ0n) is 11.5. The number of carbonyl (C=O) groups excluding carboxylic acids is 1. The van der Waals surface area contributed by atoms with Crippen molar-refractivity contribution in [2.24, 2.45) is 5.92 Å². The van der Waals surface area contributed by atoms with E-state index in [0.29, 0.717) is 32.5 Å². The van der Waals surface area contributed by atoms with Crippen LogP contribution in [0.1, 0.15) is 33.1 Å². The fraction of sp³-hybridized carbons (Fsp3) is 0.846. The van der Waals surface area contributed by atoms with Crippen molar-refractivity contribution in [3.05, 3.63) is 0 Å². The van der Waals surface area contributed by atoms with Crippen LogP contribution in [0.2, 0.25) is 0 Å². The van der Waals surface area contributed by atoms with Gasteiger partial charge in [0, 0.05) is 19.7 Å². The Balaban J connectivity index is 1.83. The van der Waals surface area contributed by atoms with Gasteiger partial charge in [-0.3, -0.25) is 4.79 Å². The van der Waals surface area contributed by atoms with Crippen LogP contribution in [-0.2, 0) is 9.53 Å². The summed E-state index contributed by atoms with van der Waals surface area (Å²) in [6, 6.07) is -0.0791. The molecule has 6 heteroatoms. The average Bonchev–Trinajstić information content (AvgIpc) is 2.69. The molecule has 2 aliphatic rings. The summed E-state index contributed by atoms with van der Waals surface area (Å²) in [4.78, 5) is 24.7. The number of hydrogen-bond acceptors (Lipinski definition) is 3. The average molecular weight is 270 g/mol. The molecular formula is C13H22N2O4. The van der Waals surface area contributed by atoms with Crippen molar-refractivity contribution in [1.82, 2.24) is 10.2 Å². The summed E-state index contributed by atoms with van der Waals surface area (Å²) in [5.74, 6) is -1.07. The Hall–Kier alpha value is -1.30. The van der Waals surface area contributed by atoms with E-state index in [1.54, 1.807) is 4.90 Å². The summed E-state index contributed by atoms with van der Waals surface area (Å²) in [6.45, 7) is 5.63. The largest absolute Gasteiger partial charge is 0.481 e. The minimum absolute atomic E-state index is 0.0252. The van der Waals surface area contributed by atoms with Gasteiger partial charge in [-0.15, -0.1) is 0 Å². The topological polar surface area (TPSA) is 78.9 Å². The molecule has 2 fully saturated rings. The second kappa shape index (κ2) is 5.36. The Kier molecular flexibility index (Phi) is 3.99. The fourth-order valence-electron chi connectivity index (χ4n) is 2.70. The molecule has 0 bridgehead atoms. The summed E-state index contributed by atoms with van der Waals surface area (Å²) in [5, 5.41) is 11.9. The molecule has 19 heavy (non-hydrogen) atoms. The van der Waals surface area contributed by atoms with E-state index in [2.05, 4.69) is 5.32 Å². The molecule has 108 valence electrons. The quantitative estimate of drug-likeness (QED) is 0.786. The lowest BCUT2D eigenvalue weighted by molar-refractivity contribution is -0.143. The van der Waals surface area contributed by atoms with Crippen LogP contribution in [0.15, 0.2) is 0 Å². The number of aliphatic carboxylic acids is 1. The third-order valence-electron chi connectivity index (χ3n) is 4.15. The first-order valence-electron chi connectivity index (χ1n) is 6.82. The Bertz CT molecular complexity index is 362. The molecule has 2 saturated heterocycles. The predicted octanol–water partition coefficient (Wildman–Crippen LogP) is 1.06. The van der Waals surface area contributed by atoms with Crippen molar-refractivity contribution in [2.75, 3.05) is 19.7 Å². The van der Waals surface area contributed by atoms with Crippen molar-refractivity contribution in [3.63, 3.8) is 0 Å². The lowest BCUT2D eigenvalue weighted by Crippen LogP contribution is -2.52. The monoisotopic (exact) mass is 270 g/mol. The van der Waals surface area contributed by atoms with Crippen LogP contribution in [0.5, 0.6) is 0 Å². The molecule has 2 rings (SSSR count). The van der Waals surface area contributed by atoms with Gasteiger partial charge in [0.2, 0.25) is 0 Å². The Morgan fingerprint density at radius 2 is 1.89 bits per heavy atom. The molecule has 0 aliphatic carbocycles. The molecule has 1 atom stereocenters. The van der Waals surface area contributed by atoms with Crippen molar-refractivity contribution in [2.45, 2.75) is 44.8 Å². The van der Waals surface area contributed by atoms with Gasteiger partial charge in [0.15, 0.2) is 0 Å². The number of likely N-dealkylation sites (tertiary alicyclic amines) is 1. The Labute approximate surface area is 113 Å². The highest BCUT2D eigenvalue weighted by molar-refractivity contribution is 5.75. The van der Waals surface area contributed by atoms with E-state index < -0.39 is 5.97 Å². The van der Waals surface area contributed by atoms with Crippen LogP contribution in [0, 0.1) is 5.92 Å². The van der Waals surface area contributed by atoms with E-state index >= 15 is 0 Å². The Morgan fingerprint density at radius 1 is 1.26 bits per heavy atom. The number of carboxylic acids is 1. The Morgan fingerprint density at radius 3 is 2.37 bits per heavy atom. The maximum atomic E-state index is 12.1. The highest BCUT2D eigenvalue weighted by Crippen LogP contribution is 2.25. The summed E-state index contributed by atoms with van der Waals surface area (Å²) in [7, 11) is 0. The third kappa shape index (κ3) is 3.18. The molecule has 2 heterocycles. The predicted molar refractivity (Wildman–Crippen MR) is 68.9 cm³/mol. The van der Waals surface area contributed by atoms with E-state index in [1.807, 2.05) is 13.8 Å². The van der Waals surface area contributed by atoms with Gasteiger partial charge in [-0.1, -0.05) is 0 Å². The van der Waals surface area contributed by atoms with Gasteiger partial charge < -0.3 is 20.1 Å². The first kappa shape index (κ1) is 14.1. The van der Waals surface area contributed by atoms with E-state index in [-0.39, 0.29) is 23.6 Å². The summed E-state index contributed by atoms with van der Waals surface area (Å²) < 4.78 is 5.58. The molecular weight excluding hydrogens is 248 g/mol. The molecule has 2 amide bonds. The van der Waals surface area contributed by atoms with Crippen LogP contribution >= 0.6 is 0 Å². The van der Waals surface area contributed by atoms with E-state index in [9.17, 15) is 9.59 Å². The first-order chi connectivity index (χ1) is 8.90. The molecule has 0 aromatic carbocycles.